The van der Waals surface area contributed by atoms with Crippen molar-refractivity contribution in [2.75, 3.05) is 7.11 Å². The third kappa shape index (κ3) is 3.21. The summed E-state index contributed by atoms with van der Waals surface area (Å²) < 4.78 is 24.4. The molecule has 0 unspecified atom stereocenters. The van der Waals surface area contributed by atoms with Crippen LogP contribution >= 0.6 is 11.6 Å². The molecule has 2 aromatic carbocycles. The van der Waals surface area contributed by atoms with Crippen LogP contribution in [0.5, 0.6) is 11.5 Å². The topological polar surface area (TPSA) is 44.5 Å². The van der Waals surface area contributed by atoms with Gasteiger partial charge in [0, 0.05) is 12.1 Å². The molecule has 0 radical (unpaired) electrons. The molecule has 2 N–H and O–H groups in total. The van der Waals surface area contributed by atoms with Crippen LogP contribution in [-0.2, 0) is 13.2 Å². The molecule has 0 aliphatic heterocycles. The van der Waals surface area contributed by atoms with Crippen LogP contribution in [0.1, 0.15) is 11.1 Å². The van der Waals surface area contributed by atoms with E-state index >= 15 is 0 Å². The average Bonchev–Trinajstić information content (AvgIpc) is 2.47. The first-order valence-corrected chi connectivity index (χ1v) is 6.46. The summed E-state index contributed by atoms with van der Waals surface area (Å²) in [5.41, 5.74) is 6.84. The van der Waals surface area contributed by atoms with Crippen molar-refractivity contribution in [3.63, 3.8) is 0 Å². The lowest BCUT2D eigenvalue weighted by atomic mass is 10.2. The number of hydrogen-bond acceptors (Lipinski definition) is 3. The van der Waals surface area contributed by atoms with Gasteiger partial charge in [0.1, 0.15) is 12.4 Å². The van der Waals surface area contributed by atoms with Crippen molar-refractivity contribution in [2.45, 2.75) is 13.2 Å². The molecule has 0 heterocycles. The van der Waals surface area contributed by atoms with Crippen molar-refractivity contribution < 1.29 is 13.9 Å². The van der Waals surface area contributed by atoms with Crippen LogP contribution in [0.3, 0.4) is 0 Å². The molecule has 106 valence electrons. The molecule has 0 amide bonds. The molecule has 0 fully saturated rings. The molecular formula is C15H15ClFNO2. The number of nitrogens with two attached hydrogens (primary N) is 1. The van der Waals surface area contributed by atoms with Gasteiger partial charge in [0.15, 0.2) is 11.6 Å². The SMILES string of the molecule is COc1cccc(COc2ccc(CN)cc2Cl)c1F. The second kappa shape index (κ2) is 6.59. The van der Waals surface area contributed by atoms with Crippen LogP contribution < -0.4 is 15.2 Å². The number of ether oxygens (including phenoxy) is 2. The number of methoxy groups -OCH3 is 1. The van der Waals surface area contributed by atoms with Crippen LogP contribution in [0.15, 0.2) is 36.4 Å². The molecule has 0 saturated heterocycles. The standard InChI is InChI=1S/C15H15ClFNO2/c1-19-14-4-2-3-11(15(14)17)9-20-13-6-5-10(8-18)7-12(13)16/h2-7H,8-9,18H2,1H3. The van der Waals surface area contributed by atoms with E-state index in [0.717, 1.165) is 5.56 Å². The molecule has 20 heavy (non-hydrogen) atoms. The van der Waals surface area contributed by atoms with E-state index in [0.29, 0.717) is 22.9 Å². The number of halogens is 2. The molecule has 0 saturated carbocycles. The normalized spacial score (nSPS) is 10.4. The van der Waals surface area contributed by atoms with Crippen LogP contribution in [0.25, 0.3) is 0 Å². The largest absolute Gasteiger partial charge is 0.494 e. The lowest BCUT2D eigenvalue weighted by Crippen LogP contribution is -2.01. The minimum Gasteiger partial charge on any atom is -0.494 e. The highest BCUT2D eigenvalue weighted by molar-refractivity contribution is 6.32. The lowest BCUT2D eigenvalue weighted by molar-refractivity contribution is 0.296. The summed E-state index contributed by atoms with van der Waals surface area (Å²) in [7, 11) is 1.42. The van der Waals surface area contributed by atoms with E-state index in [1.165, 1.54) is 7.11 Å². The maximum Gasteiger partial charge on any atom is 0.171 e. The van der Waals surface area contributed by atoms with Crippen molar-refractivity contribution in [3.05, 3.63) is 58.4 Å². The first kappa shape index (κ1) is 14.6. The highest BCUT2D eigenvalue weighted by Crippen LogP contribution is 2.27. The Morgan fingerprint density at radius 2 is 2.00 bits per heavy atom. The van der Waals surface area contributed by atoms with Gasteiger partial charge in [-0.25, -0.2) is 4.39 Å². The smallest absolute Gasteiger partial charge is 0.171 e. The Hall–Kier alpha value is -1.78. The van der Waals surface area contributed by atoms with Crippen LogP contribution in [0, 0.1) is 5.82 Å². The maximum absolute atomic E-state index is 13.9. The molecule has 5 heteroatoms. The summed E-state index contributed by atoms with van der Waals surface area (Å²) in [5.74, 6) is 0.256. The molecule has 0 bridgehead atoms. The first-order valence-electron chi connectivity index (χ1n) is 6.08. The predicted octanol–water partition coefficient (Wildman–Crippen LogP) is 3.53. The van der Waals surface area contributed by atoms with E-state index in [9.17, 15) is 4.39 Å². The summed E-state index contributed by atoms with van der Waals surface area (Å²) in [4.78, 5) is 0. The first-order chi connectivity index (χ1) is 9.65. The Morgan fingerprint density at radius 3 is 2.65 bits per heavy atom. The van der Waals surface area contributed by atoms with Gasteiger partial charge in [-0.05, 0) is 23.8 Å². The van der Waals surface area contributed by atoms with Gasteiger partial charge in [0.05, 0.1) is 12.1 Å². The van der Waals surface area contributed by atoms with E-state index in [1.807, 2.05) is 6.07 Å². The molecule has 0 aromatic heterocycles. The van der Waals surface area contributed by atoms with Gasteiger partial charge in [-0.3, -0.25) is 0 Å². The molecule has 3 nitrogen and oxygen atoms in total. The summed E-state index contributed by atoms with van der Waals surface area (Å²) in [6.45, 7) is 0.481. The van der Waals surface area contributed by atoms with E-state index in [2.05, 4.69) is 0 Å². The molecular weight excluding hydrogens is 281 g/mol. The monoisotopic (exact) mass is 295 g/mol. The van der Waals surface area contributed by atoms with Gasteiger partial charge in [0.2, 0.25) is 0 Å². The zero-order chi connectivity index (χ0) is 14.5. The van der Waals surface area contributed by atoms with Crippen LogP contribution in [0.4, 0.5) is 4.39 Å². The fourth-order valence-electron chi connectivity index (χ4n) is 1.77. The van der Waals surface area contributed by atoms with E-state index in [-0.39, 0.29) is 12.4 Å². The maximum atomic E-state index is 13.9. The van der Waals surface area contributed by atoms with E-state index in [4.69, 9.17) is 26.8 Å². The highest BCUT2D eigenvalue weighted by atomic mass is 35.5. The second-order valence-corrected chi connectivity index (χ2v) is 4.60. The lowest BCUT2D eigenvalue weighted by Gasteiger charge is -2.11. The molecule has 0 aliphatic carbocycles. The Morgan fingerprint density at radius 1 is 1.20 bits per heavy atom. The molecule has 2 rings (SSSR count). The van der Waals surface area contributed by atoms with Gasteiger partial charge in [-0.1, -0.05) is 29.8 Å². The molecule has 0 spiro atoms. The Kier molecular flexibility index (Phi) is 4.82. The van der Waals surface area contributed by atoms with Crippen LogP contribution in [-0.4, -0.2) is 7.11 Å². The third-order valence-electron chi connectivity index (χ3n) is 2.88. The Bertz CT molecular complexity index is 604. The van der Waals surface area contributed by atoms with Crippen molar-refractivity contribution >= 4 is 11.6 Å². The average molecular weight is 296 g/mol. The van der Waals surface area contributed by atoms with Gasteiger partial charge < -0.3 is 15.2 Å². The minimum absolute atomic E-state index is 0.0741. The van der Waals surface area contributed by atoms with Gasteiger partial charge in [-0.2, -0.15) is 0 Å². The summed E-state index contributed by atoms with van der Waals surface area (Å²) in [6, 6.07) is 10.2. The fourth-order valence-corrected chi connectivity index (χ4v) is 2.03. The van der Waals surface area contributed by atoms with Crippen molar-refractivity contribution in [3.8, 4) is 11.5 Å². The van der Waals surface area contributed by atoms with Crippen LogP contribution in [0.2, 0.25) is 5.02 Å². The van der Waals surface area contributed by atoms with Gasteiger partial charge >= 0.3 is 0 Å². The second-order valence-electron chi connectivity index (χ2n) is 4.19. The number of rotatable bonds is 5. The highest BCUT2D eigenvalue weighted by Gasteiger charge is 2.10. The van der Waals surface area contributed by atoms with Gasteiger partial charge in [0.25, 0.3) is 0 Å². The third-order valence-corrected chi connectivity index (χ3v) is 3.17. The quantitative estimate of drug-likeness (QED) is 0.918. The van der Waals surface area contributed by atoms with Gasteiger partial charge in [-0.15, -0.1) is 0 Å². The van der Waals surface area contributed by atoms with Crippen molar-refractivity contribution in [1.82, 2.24) is 0 Å². The Labute approximate surface area is 122 Å². The van der Waals surface area contributed by atoms with Crippen molar-refractivity contribution in [2.24, 2.45) is 5.73 Å². The molecule has 0 aliphatic rings. The van der Waals surface area contributed by atoms with E-state index < -0.39 is 5.82 Å². The fraction of sp³-hybridized carbons (Fsp3) is 0.200. The summed E-state index contributed by atoms with van der Waals surface area (Å²) >= 11 is 6.07. The minimum atomic E-state index is -0.426. The summed E-state index contributed by atoms with van der Waals surface area (Å²) in [6.07, 6.45) is 0. The zero-order valence-corrected chi connectivity index (χ0v) is 11.8. The molecule has 2 aromatic rings. The predicted molar refractivity (Wildman–Crippen MR) is 76.6 cm³/mol. The summed E-state index contributed by atoms with van der Waals surface area (Å²) in [5, 5.41) is 0.455. The van der Waals surface area contributed by atoms with E-state index in [1.54, 1.807) is 30.3 Å². The Balaban J connectivity index is 2.13. The number of benzene rings is 2. The zero-order valence-electron chi connectivity index (χ0n) is 11.0. The molecule has 0 atom stereocenters. The van der Waals surface area contributed by atoms with Crippen molar-refractivity contribution in [1.29, 1.82) is 0 Å². The number of hydrogen-bond donors (Lipinski definition) is 1.